The van der Waals surface area contributed by atoms with Gasteiger partial charge in [-0.15, -0.1) is 0 Å². The Morgan fingerprint density at radius 2 is 1.69 bits per heavy atom. The fourth-order valence-electron chi connectivity index (χ4n) is 1.20. The first-order valence-electron chi connectivity index (χ1n) is 4.34. The van der Waals surface area contributed by atoms with Gasteiger partial charge in [0.15, 0.2) is 0 Å². The molecule has 1 aromatic rings. The van der Waals surface area contributed by atoms with Crippen LogP contribution in [0, 0.1) is 5.41 Å². The zero-order valence-electron chi connectivity index (χ0n) is 7.98. The Labute approximate surface area is 97.0 Å². The highest BCUT2D eigenvalue weighted by molar-refractivity contribution is 9.10. The molecule has 0 aliphatic heterocycles. The summed E-state index contributed by atoms with van der Waals surface area (Å²) in [5.41, 5.74) is 1.74. The average molecular weight is 306 g/mol. The van der Waals surface area contributed by atoms with Gasteiger partial charge in [0, 0.05) is 9.80 Å². The van der Waals surface area contributed by atoms with Crippen LogP contribution in [-0.2, 0) is 6.42 Å². The molecule has 0 atom stereocenters. The molecule has 0 aliphatic rings. The van der Waals surface area contributed by atoms with Crippen LogP contribution in [0.2, 0.25) is 0 Å². The Kier molecular flexibility index (Phi) is 3.99. The molecule has 0 saturated carbocycles. The van der Waals surface area contributed by atoms with Crippen molar-refractivity contribution in [3.8, 4) is 0 Å². The van der Waals surface area contributed by atoms with Crippen molar-refractivity contribution in [3.05, 3.63) is 34.3 Å². The minimum atomic E-state index is 0.341. The fourth-order valence-corrected chi connectivity index (χ4v) is 1.66. The van der Waals surface area contributed by atoms with Crippen LogP contribution in [0.25, 0.3) is 0 Å². The SMILES string of the molecule is CC(C)(CBr)Cc1ccc(Br)cc1. The molecule has 0 unspecified atom stereocenters. The van der Waals surface area contributed by atoms with Gasteiger partial charge in [-0.05, 0) is 29.5 Å². The Morgan fingerprint density at radius 1 is 1.15 bits per heavy atom. The smallest absolute Gasteiger partial charge is 0.0175 e. The van der Waals surface area contributed by atoms with E-state index in [-0.39, 0.29) is 0 Å². The molecule has 0 radical (unpaired) electrons. The lowest BCUT2D eigenvalue weighted by molar-refractivity contribution is 0.425. The molecule has 13 heavy (non-hydrogen) atoms. The summed E-state index contributed by atoms with van der Waals surface area (Å²) in [5, 5.41) is 1.04. The van der Waals surface area contributed by atoms with Gasteiger partial charge in [0.05, 0.1) is 0 Å². The molecule has 0 nitrogen and oxygen atoms in total. The van der Waals surface area contributed by atoms with Gasteiger partial charge in [-0.3, -0.25) is 0 Å². The van der Waals surface area contributed by atoms with E-state index in [1.165, 1.54) is 5.56 Å². The summed E-state index contributed by atoms with van der Waals surface area (Å²) in [7, 11) is 0. The van der Waals surface area contributed by atoms with Crippen molar-refractivity contribution in [1.82, 2.24) is 0 Å². The summed E-state index contributed by atoms with van der Waals surface area (Å²) in [6, 6.07) is 8.54. The topological polar surface area (TPSA) is 0 Å². The summed E-state index contributed by atoms with van der Waals surface area (Å²) >= 11 is 6.97. The Hall–Kier alpha value is 0.180. The Bertz CT molecular complexity index is 262. The fraction of sp³-hybridized carbons (Fsp3) is 0.455. The van der Waals surface area contributed by atoms with Crippen LogP contribution in [0.15, 0.2) is 28.7 Å². The van der Waals surface area contributed by atoms with E-state index in [1.807, 2.05) is 0 Å². The summed E-state index contributed by atoms with van der Waals surface area (Å²) in [5.74, 6) is 0. The normalized spacial score (nSPS) is 11.7. The van der Waals surface area contributed by atoms with Crippen molar-refractivity contribution < 1.29 is 0 Å². The number of alkyl halides is 1. The highest BCUT2D eigenvalue weighted by Crippen LogP contribution is 2.24. The van der Waals surface area contributed by atoms with Crippen molar-refractivity contribution in [1.29, 1.82) is 0 Å². The van der Waals surface area contributed by atoms with E-state index in [0.29, 0.717) is 5.41 Å². The molecule has 0 aliphatic carbocycles. The van der Waals surface area contributed by atoms with Crippen LogP contribution in [0.3, 0.4) is 0 Å². The van der Waals surface area contributed by atoms with Crippen molar-refractivity contribution in [2.45, 2.75) is 20.3 Å². The van der Waals surface area contributed by atoms with E-state index in [0.717, 1.165) is 16.2 Å². The zero-order valence-corrected chi connectivity index (χ0v) is 11.2. The van der Waals surface area contributed by atoms with Crippen molar-refractivity contribution in [2.24, 2.45) is 5.41 Å². The quantitative estimate of drug-likeness (QED) is 0.726. The van der Waals surface area contributed by atoms with Crippen LogP contribution in [0.4, 0.5) is 0 Å². The molecule has 2 heteroatoms. The van der Waals surface area contributed by atoms with Gasteiger partial charge in [0.1, 0.15) is 0 Å². The van der Waals surface area contributed by atoms with Crippen LogP contribution in [-0.4, -0.2) is 5.33 Å². The summed E-state index contributed by atoms with van der Waals surface area (Å²) in [4.78, 5) is 0. The number of hydrogen-bond donors (Lipinski definition) is 0. The molecule has 0 amide bonds. The number of rotatable bonds is 3. The maximum atomic E-state index is 3.53. The lowest BCUT2D eigenvalue weighted by atomic mass is 9.88. The van der Waals surface area contributed by atoms with Gasteiger partial charge in [-0.1, -0.05) is 57.8 Å². The average Bonchev–Trinajstić information content (AvgIpc) is 2.09. The molecule has 1 rings (SSSR count). The predicted octanol–water partition coefficient (Wildman–Crippen LogP) is 4.41. The maximum absolute atomic E-state index is 3.53. The summed E-state index contributed by atoms with van der Waals surface area (Å²) in [6.45, 7) is 4.54. The van der Waals surface area contributed by atoms with Crippen LogP contribution in [0.5, 0.6) is 0 Å². The molecular weight excluding hydrogens is 292 g/mol. The molecule has 0 spiro atoms. The Morgan fingerprint density at radius 3 is 2.15 bits per heavy atom. The predicted molar refractivity (Wildman–Crippen MR) is 65.4 cm³/mol. The van der Waals surface area contributed by atoms with Crippen molar-refractivity contribution in [2.75, 3.05) is 5.33 Å². The van der Waals surface area contributed by atoms with Gasteiger partial charge in [0.25, 0.3) is 0 Å². The molecule has 0 aromatic heterocycles. The molecule has 72 valence electrons. The first-order valence-corrected chi connectivity index (χ1v) is 6.25. The number of benzene rings is 1. The first-order chi connectivity index (χ1) is 6.03. The van der Waals surface area contributed by atoms with E-state index < -0.39 is 0 Å². The second-order valence-corrected chi connectivity index (χ2v) is 5.58. The minimum absolute atomic E-state index is 0.341. The van der Waals surface area contributed by atoms with Crippen molar-refractivity contribution in [3.63, 3.8) is 0 Å². The third-order valence-corrected chi connectivity index (χ3v) is 4.00. The highest BCUT2D eigenvalue weighted by Gasteiger charge is 2.16. The van der Waals surface area contributed by atoms with Gasteiger partial charge in [-0.25, -0.2) is 0 Å². The van der Waals surface area contributed by atoms with E-state index in [1.54, 1.807) is 0 Å². The molecule has 0 heterocycles. The number of hydrogen-bond acceptors (Lipinski definition) is 0. The van der Waals surface area contributed by atoms with Crippen molar-refractivity contribution >= 4 is 31.9 Å². The Balaban J connectivity index is 2.69. The zero-order chi connectivity index (χ0) is 9.90. The summed E-state index contributed by atoms with van der Waals surface area (Å²) < 4.78 is 1.15. The molecular formula is C11H14Br2. The highest BCUT2D eigenvalue weighted by atomic mass is 79.9. The molecule has 0 saturated heterocycles. The van der Waals surface area contributed by atoms with Crippen LogP contribution < -0.4 is 0 Å². The number of halogens is 2. The van der Waals surface area contributed by atoms with Crippen LogP contribution >= 0.6 is 31.9 Å². The van der Waals surface area contributed by atoms with Gasteiger partial charge in [-0.2, -0.15) is 0 Å². The van der Waals surface area contributed by atoms with Crippen LogP contribution in [0.1, 0.15) is 19.4 Å². The molecule has 0 N–H and O–H groups in total. The molecule has 1 aromatic carbocycles. The van der Waals surface area contributed by atoms with Gasteiger partial charge in [0.2, 0.25) is 0 Å². The standard InChI is InChI=1S/C11H14Br2/c1-11(2,8-12)7-9-3-5-10(13)6-4-9/h3-6H,7-8H2,1-2H3. The van der Waals surface area contributed by atoms with E-state index in [2.05, 4.69) is 70.0 Å². The van der Waals surface area contributed by atoms with E-state index >= 15 is 0 Å². The third-order valence-electron chi connectivity index (χ3n) is 1.96. The molecule has 0 fully saturated rings. The van der Waals surface area contributed by atoms with E-state index in [9.17, 15) is 0 Å². The lowest BCUT2D eigenvalue weighted by Gasteiger charge is -2.21. The maximum Gasteiger partial charge on any atom is 0.0175 e. The van der Waals surface area contributed by atoms with E-state index in [4.69, 9.17) is 0 Å². The largest absolute Gasteiger partial charge is 0.0922 e. The first kappa shape index (κ1) is 11.3. The lowest BCUT2D eigenvalue weighted by Crippen LogP contribution is -2.16. The molecule has 0 bridgehead atoms. The minimum Gasteiger partial charge on any atom is -0.0922 e. The monoisotopic (exact) mass is 304 g/mol. The van der Waals surface area contributed by atoms with Gasteiger partial charge >= 0.3 is 0 Å². The summed E-state index contributed by atoms with van der Waals surface area (Å²) in [6.07, 6.45) is 1.12. The van der Waals surface area contributed by atoms with Gasteiger partial charge < -0.3 is 0 Å². The third kappa shape index (κ3) is 3.82. The second kappa shape index (κ2) is 4.61. The second-order valence-electron chi connectivity index (χ2n) is 4.10.